The molecule has 1 aromatic carbocycles. The summed E-state index contributed by atoms with van der Waals surface area (Å²) >= 11 is 0. The third kappa shape index (κ3) is 2.56. The van der Waals surface area contributed by atoms with Crippen molar-refractivity contribution >= 4 is 15.6 Å². The van der Waals surface area contributed by atoms with Crippen molar-refractivity contribution < 1.29 is 17.9 Å². The number of hydrogen-bond acceptors (Lipinski definition) is 5. The van der Waals surface area contributed by atoms with Crippen LogP contribution in [0.15, 0.2) is 29.2 Å². The Bertz CT molecular complexity index is 588. The summed E-state index contributed by atoms with van der Waals surface area (Å²) in [4.78, 5) is 12.2. The Morgan fingerprint density at radius 1 is 1.37 bits per heavy atom. The van der Waals surface area contributed by atoms with E-state index in [0.717, 1.165) is 6.26 Å². The molecule has 0 radical (unpaired) electrons. The van der Waals surface area contributed by atoms with E-state index in [2.05, 4.69) is 5.32 Å². The van der Waals surface area contributed by atoms with Crippen molar-refractivity contribution in [1.29, 1.82) is 0 Å². The topological polar surface area (TPSA) is 72.5 Å². The van der Waals surface area contributed by atoms with Gasteiger partial charge in [-0.15, -0.1) is 0 Å². The molecule has 1 aliphatic rings. The fourth-order valence-corrected chi connectivity index (χ4v) is 3.28. The lowest BCUT2D eigenvalue weighted by Gasteiger charge is -2.36. The van der Waals surface area contributed by atoms with Crippen molar-refractivity contribution in [3.63, 3.8) is 0 Å². The minimum absolute atomic E-state index is 0.147. The standard InChI is InChI=1S/C13H17NO4S/c1-10(15)13(9-14-7-8-18-13)11-5-3-4-6-12(11)19(2,16)17/h3-6,14H,7-9H2,1-2H3. The Morgan fingerprint density at radius 3 is 2.58 bits per heavy atom. The van der Waals surface area contributed by atoms with Crippen molar-refractivity contribution in [1.82, 2.24) is 5.32 Å². The van der Waals surface area contributed by atoms with Crippen molar-refractivity contribution in [3.05, 3.63) is 29.8 Å². The second-order valence-corrected chi connectivity index (χ2v) is 6.66. The second-order valence-electron chi connectivity index (χ2n) is 4.68. The van der Waals surface area contributed by atoms with Gasteiger partial charge in [-0.3, -0.25) is 4.79 Å². The molecule has 1 fully saturated rings. The predicted octanol–water partition coefficient (Wildman–Crippen LogP) is 0.494. The number of ether oxygens (including phenoxy) is 1. The summed E-state index contributed by atoms with van der Waals surface area (Å²) in [6, 6.07) is 6.51. The van der Waals surface area contributed by atoms with Gasteiger partial charge in [0.15, 0.2) is 21.2 Å². The van der Waals surface area contributed by atoms with Gasteiger partial charge in [-0.05, 0) is 13.0 Å². The molecule has 1 heterocycles. The van der Waals surface area contributed by atoms with Gasteiger partial charge in [-0.1, -0.05) is 18.2 Å². The second kappa shape index (κ2) is 5.03. The molecular formula is C13H17NO4S. The number of morpholine rings is 1. The molecular weight excluding hydrogens is 266 g/mol. The highest BCUT2D eigenvalue weighted by Gasteiger charge is 2.42. The molecule has 1 N–H and O–H groups in total. The zero-order chi connectivity index (χ0) is 14.1. The molecule has 0 aromatic heterocycles. The van der Waals surface area contributed by atoms with Crippen LogP contribution in [0.2, 0.25) is 0 Å². The molecule has 0 bridgehead atoms. The molecule has 0 amide bonds. The quantitative estimate of drug-likeness (QED) is 0.874. The van der Waals surface area contributed by atoms with Gasteiger partial charge >= 0.3 is 0 Å². The molecule has 104 valence electrons. The smallest absolute Gasteiger partial charge is 0.175 e. The van der Waals surface area contributed by atoms with Gasteiger partial charge in [0.1, 0.15) is 0 Å². The average molecular weight is 283 g/mol. The Morgan fingerprint density at radius 2 is 2.05 bits per heavy atom. The first-order chi connectivity index (χ1) is 8.88. The Kier molecular flexibility index (Phi) is 3.75. The summed E-state index contributed by atoms with van der Waals surface area (Å²) in [5.74, 6) is -0.198. The lowest BCUT2D eigenvalue weighted by molar-refractivity contribution is -0.148. The third-order valence-corrected chi connectivity index (χ3v) is 4.45. The molecule has 0 spiro atoms. The van der Waals surface area contributed by atoms with Crippen LogP contribution in [0, 0.1) is 0 Å². The first-order valence-electron chi connectivity index (χ1n) is 6.03. The molecule has 6 heteroatoms. The largest absolute Gasteiger partial charge is 0.360 e. The van der Waals surface area contributed by atoms with Crippen LogP contribution in [0.5, 0.6) is 0 Å². The van der Waals surface area contributed by atoms with E-state index >= 15 is 0 Å². The molecule has 0 saturated carbocycles. The molecule has 2 rings (SSSR count). The number of Topliss-reactive ketones (excluding diaryl/α,β-unsaturated/α-hetero) is 1. The number of benzene rings is 1. The number of nitrogens with one attached hydrogen (secondary N) is 1. The number of rotatable bonds is 3. The van der Waals surface area contributed by atoms with Crippen LogP contribution in [0.3, 0.4) is 0 Å². The van der Waals surface area contributed by atoms with Crippen LogP contribution in [0.1, 0.15) is 12.5 Å². The highest BCUT2D eigenvalue weighted by molar-refractivity contribution is 7.90. The van der Waals surface area contributed by atoms with Crippen LogP contribution in [0.25, 0.3) is 0 Å². The summed E-state index contributed by atoms with van der Waals surface area (Å²) in [5.41, 5.74) is -0.796. The average Bonchev–Trinajstić information content (AvgIpc) is 2.38. The SMILES string of the molecule is CC(=O)C1(c2ccccc2S(C)(=O)=O)CNCCO1. The molecule has 1 saturated heterocycles. The van der Waals surface area contributed by atoms with E-state index in [1.807, 2.05) is 0 Å². The van der Waals surface area contributed by atoms with E-state index < -0.39 is 15.4 Å². The van der Waals surface area contributed by atoms with Crippen molar-refractivity contribution in [2.75, 3.05) is 26.0 Å². The van der Waals surface area contributed by atoms with Gasteiger partial charge in [0.2, 0.25) is 0 Å². The minimum Gasteiger partial charge on any atom is -0.360 e. The van der Waals surface area contributed by atoms with Gasteiger partial charge in [-0.25, -0.2) is 8.42 Å². The van der Waals surface area contributed by atoms with Gasteiger partial charge in [-0.2, -0.15) is 0 Å². The lowest BCUT2D eigenvalue weighted by Crippen LogP contribution is -2.52. The number of ketones is 1. The normalized spacial score (nSPS) is 24.1. The summed E-state index contributed by atoms with van der Waals surface area (Å²) < 4.78 is 29.4. The summed E-state index contributed by atoms with van der Waals surface area (Å²) in [6.45, 7) is 2.73. The van der Waals surface area contributed by atoms with E-state index in [4.69, 9.17) is 4.74 Å². The summed E-state index contributed by atoms with van der Waals surface area (Å²) in [7, 11) is -3.41. The maximum atomic E-state index is 12.0. The maximum absolute atomic E-state index is 12.0. The molecule has 1 atom stereocenters. The van der Waals surface area contributed by atoms with Crippen LogP contribution in [-0.2, 0) is 25.0 Å². The molecule has 1 unspecified atom stereocenters. The van der Waals surface area contributed by atoms with Crippen LogP contribution >= 0.6 is 0 Å². The minimum atomic E-state index is -3.41. The van der Waals surface area contributed by atoms with Gasteiger partial charge in [0, 0.05) is 24.9 Å². The van der Waals surface area contributed by atoms with Crippen LogP contribution in [0.4, 0.5) is 0 Å². The molecule has 0 aliphatic carbocycles. The van der Waals surface area contributed by atoms with E-state index in [9.17, 15) is 13.2 Å². The third-order valence-electron chi connectivity index (χ3n) is 3.29. The van der Waals surface area contributed by atoms with Crippen molar-refractivity contribution in [2.24, 2.45) is 0 Å². The maximum Gasteiger partial charge on any atom is 0.175 e. The van der Waals surface area contributed by atoms with Gasteiger partial charge in [0.25, 0.3) is 0 Å². The number of sulfone groups is 1. The first kappa shape index (κ1) is 14.2. The molecule has 1 aromatic rings. The zero-order valence-electron chi connectivity index (χ0n) is 11.0. The fraction of sp³-hybridized carbons (Fsp3) is 0.462. The monoisotopic (exact) mass is 283 g/mol. The number of carbonyl (C=O) groups excluding carboxylic acids is 1. The van der Waals surface area contributed by atoms with Crippen molar-refractivity contribution in [2.45, 2.75) is 17.4 Å². The fourth-order valence-electron chi connectivity index (χ4n) is 2.33. The van der Waals surface area contributed by atoms with Gasteiger partial charge < -0.3 is 10.1 Å². The highest BCUT2D eigenvalue weighted by Crippen LogP contribution is 2.33. The van der Waals surface area contributed by atoms with Crippen molar-refractivity contribution in [3.8, 4) is 0 Å². The first-order valence-corrected chi connectivity index (χ1v) is 7.92. The highest BCUT2D eigenvalue weighted by atomic mass is 32.2. The zero-order valence-corrected chi connectivity index (χ0v) is 11.8. The van der Waals surface area contributed by atoms with E-state index in [1.165, 1.54) is 13.0 Å². The Hall–Kier alpha value is -1.24. The molecule has 1 aliphatic heterocycles. The number of carbonyl (C=O) groups is 1. The number of hydrogen-bond donors (Lipinski definition) is 1. The summed E-state index contributed by atoms with van der Waals surface area (Å²) in [5, 5.41) is 3.09. The van der Waals surface area contributed by atoms with Gasteiger partial charge in [0.05, 0.1) is 11.5 Å². The molecule has 5 nitrogen and oxygen atoms in total. The molecule has 19 heavy (non-hydrogen) atoms. The Labute approximate surface area is 112 Å². The summed E-state index contributed by atoms with van der Waals surface area (Å²) in [6.07, 6.45) is 1.13. The van der Waals surface area contributed by atoms with E-state index in [-0.39, 0.29) is 17.2 Å². The lowest BCUT2D eigenvalue weighted by atomic mass is 9.88. The van der Waals surface area contributed by atoms with E-state index in [0.29, 0.717) is 18.7 Å². The predicted molar refractivity (Wildman–Crippen MR) is 70.7 cm³/mol. The van der Waals surface area contributed by atoms with E-state index in [1.54, 1.807) is 18.2 Å². The van der Waals surface area contributed by atoms with Crippen LogP contribution < -0.4 is 5.32 Å². The Balaban J connectivity index is 2.64. The van der Waals surface area contributed by atoms with Crippen LogP contribution in [-0.4, -0.2) is 40.2 Å².